The van der Waals surface area contributed by atoms with E-state index in [0.717, 1.165) is 6.54 Å². The van der Waals surface area contributed by atoms with Crippen LogP contribution in [0.15, 0.2) is 12.8 Å². The van der Waals surface area contributed by atoms with Gasteiger partial charge in [-0.3, -0.25) is 4.90 Å². The average molecular weight is 198 g/mol. The Labute approximate surface area is 89.6 Å². The van der Waals surface area contributed by atoms with Crippen molar-refractivity contribution in [2.45, 2.75) is 59.8 Å². The highest BCUT2D eigenvalue weighted by atomic mass is 15.4. The quantitative estimate of drug-likeness (QED) is 0.605. The van der Waals surface area contributed by atoms with Crippen LogP contribution in [0.1, 0.15) is 41.5 Å². The second kappa shape index (κ2) is 6.07. The minimum Gasteiger partial charge on any atom is -0.360 e. The molecular weight excluding hydrogens is 172 g/mol. The smallest absolute Gasteiger partial charge is 0.0791 e. The zero-order valence-corrected chi connectivity index (χ0v) is 10.6. The third-order valence-electron chi connectivity index (χ3n) is 2.75. The van der Waals surface area contributed by atoms with Gasteiger partial charge >= 0.3 is 0 Å². The molecule has 0 aromatic heterocycles. The van der Waals surface area contributed by atoms with Crippen LogP contribution < -0.4 is 0 Å². The highest BCUT2D eigenvalue weighted by Gasteiger charge is 2.20. The molecule has 0 aliphatic carbocycles. The topological polar surface area (TPSA) is 6.48 Å². The fraction of sp³-hybridized carbons (Fsp3) is 0.833. The Kier molecular flexibility index (Phi) is 5.86. The summed E-state index contributed by atoms with van der Waals surface area (Å²) in [6.45, 7) is 18.3. The Hall–Kier alpha value is -0.500. The van der Waals surface area contributed by atoms with E-state index in [0.29, 0.717) is 18.2 Å². The van der Waals surface area contributed by atoms with Gasteiger partial charge in [0.15, 0.2) is 0 Å². The van der Waals surface area contributed by atoms with Crippen molar-refractivity contribution >= 4 is 0 Å². The fourth-order valence-electron chi connectivity index (χ4n) is 2.03. The van der Waals surface area contributed by atoms with Crippen LogP contribution in [0.2, 0.25) is 0 Å². The predicted molar refractivity (Wildman–Crippen MR) is 64.2 cm³/mol. The summed E-state index contributed by atoms with van der Waals surface area (Å²) in [5.41, 5.74) is 0. The van der Waals surface area contributed by atoms with Gasteiger partial charge < -0.3 is 4.90 Å². The molecule has 0 aliphatic heterocycles. The lowest BCUT2D eigenvalue weighted by Gasteiger charge is -2.41. The molecule has 0 heterocycles. The molecule has 0 rings (SSSR count). The van der Waals surface area contributed by atoms with Gasteiger partial charge in [-0.15, -0.1) is 0 Å². The van der Waals surface area contributed by atoms with Gasteiger partial charge in [0.25, 0.3) is 0 Å². The van der Waals surface area contributed by atoms with Crippen LogP contribution in [-0.2, 0) is 0 Å². The lowest BCUT2D eigenvalue weighted by molar-refractivity contribution is 0.0512. The van der Waals surface area contributed by atoms with Gasteiger partial charge in [-0.05, 0) is 47.4 Å². The summed E-state index contributed by atoms with van der Waals surface area (Å²) in [5, 5.41) is 0. The predicted octanol–water partition coefficient (Wildman–Crippen LogP) is 2.92. The molecule has 0 fully saturated rings. The minimum absolute atomic E-state index is 0.428. The summed E-state index contributed by atoms with van der Waals surface area (Å²) < 4.78 is 0. The zero-order chi connectivity index (χ0) is 11.3. The van der Waals surface area contributed by atoms with Crippen molar-refractivity contribution in [1.29, 1.82) is 0 Å². The van der Waals surface area contributed by atoms with Crippen LogP contribution in [-0.4, -0.2) is 34.6 Å². The normalized spacial score (nSPS) is 13.8. The van der Waals surface area contributed by atoms with Gasteiger partial charge in [0.1, 0.15) is 0 Å². The van der Waals surface area contributed by atoms with Crippen LogP contribution in [0.4, 0.5) is 0 Å². The summed E-state index contributed by atoms with van der Waals surface area (Å²) in [5.74, 6) is 0. The maximum Gasteiger partial charge on any atom is 0.0791 e. The maximum atomic E-state index is 3.88. The Morgan fingerprint density at radius 2 is 1.57 bits per heavy atom. The highest BCUT2D eigenvalue weighted by molar-refractivity contribution is 4.81. The number of hydrogen-bond acceptors (Lipinski definition) is 2. The maximum absolute atomic E-state index is 3.88. The van der Waals surface area contributed by atoms with Crippen molar-refractivity contribution < 1.29 is 0 Å². The Morgan fingerprint density at radius 1 is 1.07 bits per heavy atom. The molecule has 0 bridgehead atoms. The van der Waals surface area contributed by atoms with E-state index in [-0.39, 0.29) is 0 Å². The van der Waals surface area contributed by atoms with Crippen molar-refractivity contribution in [2.24, 2.45) is 0 Å². The Balaban J connectivity index is 4.52. The van der Waals surface area contributed by atoms with E-state index in [1.54, 1.807) is 0 Å². The van der Waals surface area contributed by atoms with E-state index >= 15 is 0 Å². The first kappa shape index (κ1) is 13.5. The highest BCUT2D eigenvalue weighted by Crippen LogP contribution is 2.13. The third kappa shape index (κ3) is 3.33. The Bertz CT molecular complexity index is 164. The SMILES string of the molecule is C=CN(C(C)C)C(C)N(CC)C(C)C. The number of rotatable bonds is 6. The van der Waals surface area contributed by atoms with E-state index in [9.17, 15) is 0 Å². The van der Waals surface area contributed by atoms with E-state index in [2.05, 4.69) is 57.9 Å². The molecule has 84 valence electrons. The van der Waals surface area contributed by atoms with Gasteiger partial charge in [-0.2, -0.15) is 0 Å². The summed E-state index contributed by atoms with van der Waals surface area (Å²) in [7, 11) is 0. The zero-order valence-electron chi connectivity index (χ0n) is 10.6. The number of hydrogen-bond donors (Lipinski definition) is 0. The molecule has 0 aromatic rings. The van der Waals surface area contributed by atoms with Crippen molar-refractivity contribution in [3.05, 3.63) is 12.8 Å². The minimum atomic E-state index is 0.428. The van der Waals surface area contributed by atoms with Gasteiger partial charge in [-0.1, -0.05) is 13.5 Å². The molecule has 1 atom stereocenters. The number of nitrogens with zero attached hydrogens (tertiary/aromatic N) is 2. The summed E-state index contributed by atoms with van der Waals surface area (Å²) in [6, 6.07) is 1.09. The fourth-order valence-corrected chi connectivity index (χ4v) is 2.03. The van der Waals surface area contributed by atoms with Crippen LogP contribution in [0.25, 0.3) is 0 Å². The van der Waals surface area contributed by atoms with E-state index in [1.165, 1.54) is 0 Å². The van der Waals surface area contributed by atoms with E-state index < -0.39 is 0 Å². The van der Waals surface area contributed by atoms with Crippen LogP contribution in [0.5, 0.6) is 0 Å². The van der Waals surface area contributed by atoms with Crippen molar-refractivity contribution in [3.63, 3.8) is 0 Å². The lowest BCUT2D eigenvalue weighted by atomic mass is 10.2. The van der Waals surface area contributed by atoms with Gasteiger partial charge in [0.2, 0.25) is 0 Å². The molecule has 0 N–H and O–H groups in total. The molecule has 0 saturated heterocycles. The van der Waals surface area contributed by atoms with Gasteiger partial charge in [0, 0.05) is 12.1 Å². The average Bonchev–Trinajstić information content (AvgIpc) is 2.04. The molecule has 2 nitrogen and oxygen atoms in total. The molecule has 0 aliphatic rings. The monoisotopic (exact) mass is 198 g/mol. The van der Waals surface area contributed by atoms with Gasteiger partial charge in [0.05, 0.1) is 6.17 Å². The van der Waals surface area contributed by atoms with E-state index in [4.69, 9.17) is 0 Å². The molecule has 0 saturated carbocycles. The summed E-state index contributed by atoms with van der Waals surface area (Å²) in [6.07, 6.45) is 2.37. The standard InChI is InChI=1S/C12H26N2/c1-8-13(10(3)4)12(7)14(9-2)11(5)6/h8,10-12H,1,9H2,2-7H3. The molecule has 14 heavy (non-hydrogen) atoms. The molecule has 0 amide bonds. The van der Waals surface area contributed by atoms with Crippen LogP contribution in [0.3, 0.4) is 0 Å². The molecular formula is C12H26N2. The van der Waals surface area contributed by atoms with Crippen molar-refractivity contribution in [3.8, 4) is 0 Å². The van der Waals surface area contributed by atoms with Crippen molar-refractivity contribution in [2.75, 3.05) is 6.54 Å². The third-order valence-corrected chi connectivity index (χ3v) is 2.75. The summed E-state index contributed by atoms with van der Waals surface area (Å²) >= 11 is 0. The lowest BCUT2D eigenvalue weighted by Crippen LogP contribution is -2.49. The van der Waals surface area contributed by atoms with Crippen LogP contribution in [0, 0.1) is 0 Å². The summed E-state index contributed by atoms with van der Waals surface area (Å²) in [4.78, 5) is 4.76. The first-order valence-corrected chi connectivity index (χ1v) is 5.61. The molecule has 2 heteroatoms. The van der Waals surface area contributed by atoms with Crippen molar-refractivity contribution in [1.82, 2.24) is 9.80 Å². The molecule has 0 aromatic carbocycles. The first-order valence-electron chi connectivity index (χ1n) is 5.61. The molecule has 0 radical (unpaired) electrons. The van der Waals surface area contributed by atoms with Crippen LogP contribution >= 0.6 is 0 Å². The second-order valence-electron chi connectivity index (χ2n) is 4.28. The second-order valence-corrected chi connectivity index (χ2v) is 4.28. The Morgan fingerprint density at radius 3 is 1.79 bits per heavy atom. The largest absolute Gasteiger partial charge is 0.360 e. The molecule has 0 spiro atoms. The molecule has 1 unspecified atom stereocenters. The van der Waals surface area contributed by atoms with E-state index in [1.807, 2.05) is 6.20 Å². The van der Waals surface area contributed by atoms with Gasteiger partial charge in [-0.25, -0.2) is 0 Å². The first-order chi connectivity index (χ1) is 6.45.